The van der Waals surface area contributed by atoms with Crippen molar-refractivity contribution in [3.8, 4) is 0 Å². The molecule has 3 aromatic carbocycles. The molecule has 0 spiro atoms. The highest BCUT2D eigenvalue weighted by atomic mass is 35.5. The molecule has 4 aliphatic rings. The minimum Gasteiger partial charge on any atom is -0.324 e. The fourth-order valence-electron chi connectivity index (χ4n) is 6.11. The molecule has 186 valence electrons. The lowest BCUT2D eigenvalue weighted by atomic mass is 9.54. The van der Waals surface area contributed by atoms with Crippen molar-refractivity contribution in [3.63, 3.8) is 0 Å². The average Bonchev–Trinajstić information content (AvgIpc) is 3.14. The number of imide groups is 1. The van der Waals surface area contributed by atoms with E-state index in [1.54, 1.807) is 6.92 Å². The SMILES string of the molecule is Cc1ccc(NC(=O)CN2C(=O)[C@@H]3[C@@H](C2=O)C2(Cl)c4ccccc4C3(Cl)c3ccccc32)cc1[N+](=O)[O-]. The summed E-state index contributed by atoms with van der Waals surface area (Å²) in [6, 6.07) is 18.8. The molecule has 8 nitrogen and oxygen atoms in total. The summed E-state index contributed by atoms with van der Waals surface area (Å²) in [5.41, 5.74) is 3.15. The molecule has 3 amide bonds. The van der Waals surface area contributed by atoms with Crippen molar-refractivity contribution in [3.05, 3.63) is 105 Å². The Morgan fingerprint density at radius 1 is 0.919 bits per heavy atom. The number of hydrogen-bond donors (Lipinski definition) is 1. The van der Waals surface area contributed by atoms with Crippen LogP contribution in [0.4, 0.5) is 11.4 Å². The number of halogens is 2. The van der Waals surface area contributed by atoms with E-state index in [-0.39, 0.29) is 11.4 Å². The standard InChI is InChI=1S/C27H19Cl2N3O5/c1-14-10-11-15(12-20(14)32(36)37)30-21(33)13-31-24(34)22-23(25(31)35)27(29)17-7-3-2-6-16(17)26(22,28)18-8-4-5-9-19(18)27/h2-12,22-23H,13H2,1H3,(H,30,33)/t22-,23-,26?,27?/m0/s1. The van der Waals surface area contributed by atoms with Gasteiger partial charge in [-0.05, 0) is 35.2 Å². The van der Waals surface area contributed by atoms with Crippen molar-refractivity contribution >= 4 is 52.3 Å². The largest absolute Gasteiger partial charge is 0.324 e. The first kappa shape index (κ1) is 23.6. The zero-order valence-corrected chi connectivity index (χ0v) is 20.9. The Morgan fingerprint density at radius 3 is 1.81 bits per heavy atom. The molecular weight excluding hydrogens is 517 g/mol. The first-order valence-electron chi connectivity index (χ1n) is 11.6. The second kappa shape index (κ2) is 7.87. The molecule has 0 unspecified atom stereocenters. The van der Waals surface area contributed by atoms with E-state index in [1.807, 2.05) is 48.5 Å². The van der Waals surface area contributed by atoms with E-state index in [0.717, 1.165) is 4.90 Å². The van der Waals surface area contributed by atoms with Crippen LogP contribution in [-0.4, -0.2) is 34.1 Å². The average molecular weight is 536 g/mol. The summed E-state index contributed by atoms with van der Waals surface area (Å²) in [7, 11) is 0. The van der Waals surface area contributed by atoms with Crippen LogP contribution >= 0.6 is 23.2 Å². The van der Waals surface area contributed by atoms with Crippen LogP contribution < -0.4 is 5.32 Å². The fourth-order valence-corrected chi connectivity index (χ4v) is 7.21. The quantitative estimate of drug-likeness (QED) is 0.230. The van der Waals surface area contributed by atoms with Gasteiger partial charge in [0.1, 0.15) is 16.3 Å². The van der Waals surface area contributed by atoms with E-state index in [9.17, 15) is 24.5 Å². The summed E-state index contributed by atoms with van der Waals surface area (Å²) in [4.78, 5) is 49.4. The van der Waals surface area contributed by atoms with Gasteiger partial charge in [0.25, 0.3) is 5.69 Å². The molecule has 37 heavy (non-hydrogen) atoms. The van der Waals surface area contributed by atoms with Crippen LogP contribution in [0, 0.1) is 28.9 Å². The van der Waals surface area contributed by atoms with E-state index in [1.165, 1.54) is 18.2 Å². The summed E-state index contributed by atoms with van der Waals surface area (Å²) in [5, 5.41) is 13.8. The minimum absolute atomic E-state index is 0.155. The van der Waals surface area contributed by atoms with Gasteiger partial charge in [0.05, 0.1) is 16.8 Å². The Hall–Kier alpha value is -3.75. The summed E-state index contributed by atoms with van der Waals surface area (Å²) in [6.45, 7) is 1.01. The van der Waals surface area contributed by atoms with Gasteiger partial charge in [0.2, 0.25) is 17.7 Å². The molecule has 1 fully saturated rings. The number of likely N-dealkylation sites (tertiary alicyclic amines) is 1. The molecule has 1 N–H and O–H groups in total. The third-order valence-electron chi connectivity index (χ3n) is 7.67. The molecule has 0 aromatic heterocycles. The van der Waals surface area contributed by atoms with Crippen molar-refractivity contribution in [1.29, 1.82) is 0 Å². The summed E-state index contributed by atoms with van der Waals surface area (Å²) >= 11 is 14.7. The Bertz CT molecular complexity index is 1430. The van der Waals surface area contributed by atoms with Crippen molar-refractivity contribution < 1.29 is 19.3 Å². The number of nitrogens with one attached hydrogen (secondary N) is 1. The van der Waals surface area contributed by atoms with Crippen molar-refractivity contribution in [2.75, 3.05) is 11.9 Å². The topological polar surface area (TPSA) is 110 Å². The molecule has 2 atom stereocenters. The summed E-state index contributed by atoms with van der Waals surface area (Å²) in [6.07, 6.45) is 0. The third kappa shape index (κ3) is 3.00. The molecule has 0 radical (unpaired) electrons. The first-order valence-corrected chi connectivity index (χ1v) is 12.3. The van der Waals surface area contributed by atoms with E-state index < -0.39 is 50.8 Å². The minimum atomic E-state index is -1.33. The highest BCUT2D eigenvalue weighted by molar-refractivity contribution is 6.36. The predicted molar refractivity (Wildman–Crippen MR) is 136 cm³/mol. The van der Waals surface area contributed by atoms with E-state index >= 15 is 0 Å². The molecule has 1 heterocycles. The number of nitro groups is 1. The lowest BCUT2D eigenvalue weighted by molar-refractivity contribution is -0.385. The number of rotatable bonds is 4. The molecular formula is C27H19Cl2N3O5. The highest BCUT2D eigenvalue weighted by Gasteiger charge is 2.73. The van der Waals surface area contributed by atoms with Gasteiger partial charge in [0.15, 0.2) is 0 Å². The van der Waals surface area contributed by atoms with E-state index in [4.69, 9.17) is 23.2 Å². The maximum atomic E-state index is 13.8. The van der Waals surface area contributed by atoms with Crippen LogP contribution in [0.5, 0.6) is 0 Å². The predicted octanol–water partition coefficient (Wildman–Crippen LogP) is 4.43. The number of carbonyl (C=O) groups excluding carboxylic acids is 3. The molecule has 1 saturated heterocycles. The van der Waals surface area contributed by atoms with Gasteiger partial charge >= 0.3 is 0 Å². The molecule has 3 aliphatic carbocycles. The van der Waals surface area contributed by atoms with Gasteiger partial charge in [-0.1, -0.05) is 54.6 Å². The number of nitrogens with zero attached hydrogens (tertiary/aromatic N) is 2. The Morgan fingerprint density at radius 2 is 1.38 bits per heavy atom. The maximum absolute atomic E-state index is 13.8. The molecule has 7 rings (SSSR count). The number of alkyl halides is 2. The van der Waals surface area contributed by atoms with Crippen LogP contribution in [0.15, 0.2) is 66.7 Å². The van der Waals surface area contributed by atoms with Crippen molar-refractivity contribution in [2.45, 2.75) is 16.7 Å². The molecule has 3 aromatic rings. The zero-order valence-electron chi connectivity index (χ0n) is 19.4. The normalized spacial score (nSPS) is 26.9. The summed E-state index contributed by atoms with van der Waals surface area (Å²) in [5.74, 6) is -3.84. The number of amides is 3. The molecule has 0 saturated carbocycles. The Labute approximate surface area is 221 Å². The first-order chi connectivity index (χ1) is 17.6. The number of aryl methyl sites for hydroxylation is 1. The number of benzene rings is 3. The van der Waals surface area contributed by atoms with Gasteiger partial charge in [-0.3, -0.25) is 29.4 Å². The van der Waals surface area contributed by atoms with E-state index in [2.05, 4.69) is 5.32 Å². The Balaban J connectivity index is 1.37. The number of nitro benzene ring substituents is 1. The van der Waals surface area contributed by atoms with Gasteiger partial charge in [-0.15, -0.1) is 23.2 Å². The van der Waals surface area contributed by atoms with Gasteiger partial charge < -0.3 is 5.32 Å². The number of anilines is 1. The second-order valence-corrected chi connectivity index (χ2v) is 10.7. The van der Waals surface area contributed by atoms with Crippen LogP contribution in [0.2, 0.25) is 0 Å². The number of hydrogen-bond acceptors (Lipinski definition) is 5. The zero-order chi connectivity index (χ0) is 26.3. The van der Waals surface area contributed by atoms with Crippen LogP contribution in [0.1, 0.15) is 27.8 Å². The van der Waals surface area contributed by atoms with Crippen molar-refractivity contribution in [1.82, 2.24) is 4.90 Å². The monoisotopic (exact) mass is 535 g/mol. The lowest BCUT2D eigenvalue weighted by Crippen LogP contribution is -2.57. The molecule has 1 aliphatic heterocycles. The number of carbonyl (C=O) groups is 3. The Kier molecular flexibility index (Phi) is 5.03. The third-order valence-corrected chi connectivity index (χ3v) is 8.95. The summed E-state index contributed by atoms with van der Waals surface area (Å²) < 4.78 is 0. The van der Waals surface area contributed by atoms with Crippen LogP contribution in [0.3, 0.4) is 0 Å². The maximum Gasteiger partial charge on any atom is 0.274 e. The second-order valence-electron chi connectivity index (χ2n) is 9.54. The molecule has 2 bridgehead atoms. The smallest absolute Gasteiger partial charge is 0.274 e. The fraction of sp³-hybridized carbons (Fsp3) is 0.222. The van der Waals surface area contributed by atoms with Gasteiger partial charge in [0, 0.05) is 17.3 Å². The van der Waals surface area contributed by atoms with E-state index in [0.29, 0.717) is 27.8 Å². The van der Waals surface area contributed by atoms with Crippen LogP contribution in [-0.2, 0) is 24.1 Å². The van der Waals surface area contributed by atoms with Gasteiger partial charge in [-0.25, -0.2) is 0 Å². The lowest BCUT2D eigenvalue weighted by Gasteiger charge is -2.54. The van der Waals surface area contributed by atoms with Gasteiger partial charge in [-0.2, -0.15) is 0 Å². The van der Waals surface area contributed by atoms with Crippen LogP contribution in [0.25, 0.3) is 0 Å². The van der Waals surface area contributed by atoms with Crippen molar-refractivity contribution in [2.24, 2.45) is 11.8 Å². The molecule has 10 heteroatoms. The highest BCUT2D eigenvalue weighted by Crippen LogP contribution is 2.69.